The van der Waals surface area contributed by atoms with E-state index in [2.05, 4.69) is 24.3 Å². The van der Waals surface area contributed by atoms with E-state index in [1.807, 2.05) is 36.5 Å². The van der Waals surface area contributed by atoms with Gasteiger partial charge in [-0.15, -0.1) is 0 Å². The van der Waals surface area contributed by atoms with Gasteiger partial charge in [-0.1, -0.05) is 60.8 Å². The van der Waals surface area contributed by atoms with Gasteiger partial charge >= 0.3 is 0 Å². The second-order valence-electron chi connectivity index (χ2n) is 4.13. The molecule has 0 saturated heterocycles. The van der Waals surface area contributed by atoms with Gasteiger partial charge in [-0.05, 0) is 11.1 Å². The third-order valence-corrected chi connectivity index (χ3v) is 3.00. The van der Waals surface area contributed by atoms with Crippen molar-refractivity contribution in [3.63, 3.8) is 0 Å². The van der Waals surface area contributed by atoms with Gasteiger partial charge in [0.2, 0.25) is 0 Å². The quantitative estimate of drug-likeness (QED) is 0.757. The molecule has 2 rings (SSSR count). The van der Waals surface area contributed by atoms with Crippen LogP contribution in [0.1, 0.15) is 0 Å². The molecule has 94 valence electrons. The average Bonchev–Trinajstić information content (AvgIpc) is 2.45. The molecule has 0 aliphatic heterocycles. The Morgan fingerprint density at radius 2 is 1.22 bits per heavy atom. The predicted molar refractivity (Wildman–Crippen MR) is 74.3 cm³/mol. The van der Waals surface area contributed by atoms with E-state index in [-0.39, 0.29) is 12.2 Å². The molecule has 0 aromatic heterocycles. The highest BCUT2D eigenvalue weighted by Crippen LogP contribution is 2.18. The van der Waals surface area contributed by atoms with Crippen LogP contribution in [0.2, 0.25) is 0 Å². The fraction of sp³-hybridized carbons (Fsp3) is 0.250. The lowest BCUT2D eigenvalue weighted by Gasteiger charge is -2.16. The van der Waals surface area contributed by atoms with Crippen LogP contribution in [0.25, 0.3) is 0 Å². The summed E-state index contributed by atoms with van der Waals surface area (Å²) in [5.41, 5.74) is 2.29. The number of ether oxygens (including phenoxy) is 2. The normalized spacial score (nSPS) is 30.6. The smallest absolute Gasteiger partial charge is 0.101 e. The van der Waals surface area contributed by atoms with Crippen LogP contribution >= 0.6 is 0 Å². The Kier molecular flexibility index (Phi) is 4.51. The van der Waals surface area contributed by atoms with E-state index in [0.717, 1.165) is 11.1 Å². The summed E-state index contributed by atoms with van der Waals surface area (Å²) in [5.74, 6) is 0. The van der Waals surface area contributed by atoms with Crippen LogP contribution in [0.4, 0.5) is 0 Å². The lowest BCUT2D eigenvalue weighted by Crippen LogP contribution is -2.12. The molecule has 0 aromatic carbocycles. The third-order valence-electron chi connectivity index (χ3n) is 3.00. The van der Waals surface area contributed by atoms with Crippen molar-refractivity contribution in [1.29, 1.82) is 0 Å². The summed E-state index contributed by atoms with van der Waals surface area (Å²) >= 11 is 0. The molecule has 0 fully saturated rings. The van der Waals surface area contributed by atoms with Gasteiger partial charge in [0.15, 0.2) is 0 Å². The van der Waals surface area contributed by atoms with Gasteiger partial charge < -0.3 is 9.47 Å². The zero-order valence-electron chi connectivity index (χ0n) is 10.7. The number of methoxy groups -OCH3 is 2. The lowest BCUT2D eigenvalue weighted by atomic mass is 10.0. The maximum atomic E-state index is 5.40. The minimum atomic E-state index is 0.0379. The van der Waals surface area contributed by atoms with Crippen molar-refractivity contribution in [2.75, 3.05) is 14.2 Å². The average molecular weight is 242 g/mol. The number of hydrogen-bond acceptors (Lipinski definition) is 2. The van der Waals surface area contributed by atoms with Crippen LogP contribution in [0.3, 0.4) is 0 Å². The van der Waals surface area contributed by atoms with Crippen molar-refractivity contribution in [3.05, 3.63) is 71.9 Å². The summed E-state index contributed by atoms with van der Waals surface area (Å²) in [6.07, 6.45) is 20.5. The first-order valence-corrected chi connectivity index (χ1v) is 6.02. The highest BCUT2D eigenvalue weighted by Gasteiger charge is 2.11. The molecule has 2 aliphatic rings. The first-order chi connectivity index (χ1) is 8.85. The minimum Gasteiger partial charge on any atom is -0.373 e. The first kappa shape index (κ1) is 12.8. The maximum Gasteiger partial charge on any atom is 0.101 e. The molecular formula is C16H18O2. The molecule has 2 unspecified atom stereocenters. The second kappa shape index (κ2) is 6.34. The maximum absolute atomic E-state index is 5.40. The molecule has 2 aliphatic carbocycles. The van der Waals surface area contributed by atoms with Crippen molar-refractivity contribution in [3.8, 4) is 0 Å². The summed E-state index contributed by atoms with van der Waals surface area (Å²) in [4.78, 5) is 0. The van der Waals surface area contributed by atoms with E-state index in [4.69, 9.17) is 9.47 Å². The fourth-order valence-corrected chi connectivity index (χ4v) is 2.00. The van der Waals surface area contributed by atoms with Crippen molar-refractivity contribution < 1.29 is 9.47 Å². The molecule has 0 spiro atoms. The molecular weight excluding hydrogens is 224 g/mol. The first-order valence-electron chi connectivity index (χ1n) is 6.02. The van der Waals surface area contributed by atoms with E-state index < -0.39 is 0 Å². The molecule has 0 radical (unpaired) electrons. The van der Waals surface area contributed by atoms with E-state index in [0.29, 0.717) is 0 Å². The van der Waals surface area contributed by atoms with Gasteiger partial charge in [-0.3, -0.25) is 0 Å². The van der Waals surface area contributed by atoms with Crippen LogP contribution in [-0.2, 0) is 9.47 Å². The molecule has 2 atom stereocenters. The molecule has 2 nitrogen and oxygen atoms in total. The Hall–Kier alpha value is -1.64. The SMILES string of the molecule is COC1C=CC=C/C1=C\C=C1/C=CC=CC1OC. The van der Waals surface area contributed by atoms with Gasteiger partial charge in [0, 0.05) is 14.2 Å². The van der Waals surface area contributed by atoms with Crippen molar-refractivity contribution in [2.45, 2.75) is 12.2 Å². The highest BCUT2D eigenvalue weighted by molar-refractivity contribution is 5.42. The standard InChI is InChI=1S/C16H18O2/c1-17-15-9-5-3-7-13(15)11-12-14-8-4-6-10-16(14)18-2/h3-12,15-16H,1-2H3/b13-11+,14-12+. The molecule has 18 heavy (non-hydrogen) atoms. The summed E-state index contributed by atoms with van der Waals surface area (Å²) < 4.78 is 10.8. The Labute approximate surface area is 108 Å². The minimum absolute atomic E-state index is 0.0379. The Balaban J connectivity index is 2.18. The second-order valence-corrected chi connectivity index (χ2v) is 4.13. The molecule has 0 bridgehead atoms. The van der Waals surface area contributed by atoms with Crippen LogP contribution in [0, 0.1) is 0 Å². The number of hydrogen-bond donors (Lipinski definition) is 0. The van der Waals surface area contributed by atoms with E-state index >= 15 is 0 Å². The van der Waals surface area contributed by atoms with Crippen molar-refractivity contribution in [2.24, 2.45) is 0 Å². The summed E-state index contributed by atoms with van der Waals surface area (Å²) in [6, 6.07) is 0. The van der Waals surface area contributed by atoms with Crippen LogP contribution in [-0.4, -0.2) is 26.4 Å². The Morgan fingerprint density at radius 1 is 0.778 bits per heavy atom. The van der Waals surface area contributed by atoms with Crippen LogP contribution < -0.4 is 0 Å². The summed E-state index contributed by atoms with van der Waals surface area (Å²) in [6.45, 7) is 0. The monoisotopic (exact) mass is 242 g/mol. The van der Waals surface area contributed by atoms with Gasteiger partial charge in [0.1, 0.15) is 12.2 Å². The molecule has 2 heteroatoms. The van der Waals surface area contributed by atoms with Crippen molar-refractivity contribution >= 4 is 0 Å². The summed E-state index contributed by atoms with van der Waals surface area (Å²) in [7, 11) is 3.44. The van der Waals surface area contributed by atoms with E-state index in [9.17, 15) is 0 Å². The van der Waals surface area contributed by atoms with Gasteiger partial charge in [0.05, 0.1) is 0 Å². The van der Waals surface area contributed by atoms with Crippen LogP contribution in [0.5, 0.6) is 0 Å². The zero-order chi connectivity index (χ0) is 12.8. The molecule has 0 heterocycles. The number of allylic oxidation sites excluding steroid dienone is 6. The lowest BCUT2D eigenvalue weighted by molar-refractivity contribution is 0.169. The Bertz CT molecular complexity index is 417. The molecule has 0 amide bonds. The molecule has 0 N–H and O–H groups in total. The van der Waals surface area contributed by atoms with Gasteiger partial charge in [-0.2, -0.15) is 0 Å². The zero-order valence-corrected chi connectivity index (χ0v) is 10.7. The predicted octanol–water partition coefficient (Wildman–Crippen LogP) is 3.12. The van der Waals surface area contributed by atoms with Crippen LogP contribution in [0.15, 0.2) is 71.9 Å². The number of rotatable bonds is 3. The largest absolute Gasteiger partial charge is 0.373 e. The summed E-state index contributed by atoms with van der Waals surface area (Å²) in [5, 5.41) is 0. The van der Waals surface area contributed by atoms with Gasteiger partial charge in [-0.25, -0.2) is 0 Å². The van der Waals surface area contributed by atoms with E-state index in [1.54, 1.807) is 14.2 Å². The molecule has 0 saturated carbocycles. The highest BCUT2D eigenvalue weighted by atomic mass is 16.5. The molecule has 0 aromatic rings. The Morgan fingerprint density at radius 3 is 1.61 bits per heavy atom. The topological polar surface area (TPSA) is 18.5 Å². The van der Waals surface area contributed by atoms with Gasteiger partial charge in [0.25, 0.3) is 0 Å². The third kappa shape index (κ3) is 2.97. The van der Waals surface area contributed by atoms with E-state index in [1.165, 1.54) is 0 Å². The van der Waals surface area contributed by atoms with Crippen molar-refractivity contribution in [1.82, 2.24) is 0 Å². The fourth-order valence-electron chi connectivity index (χ4n) is 2.00.